The molecule has 2 aromatic rings. The Morgan fingerprint density at radius 2 is 2.39 bits per heavy atom. The third-order valence-corrected chi connectivity index (χ3v) is 3.34. The summed E-state index contributed by atoms with van der Waals surface area (Å²) in [5.74, 6) is -0.146. The van der Waals surface area contributed by atoms with Crippen molar-refractivity contribution in [2.24, 2.45) is 0 Å². The molecule has 0 bridgehead atoms. The molecule has 96 valence electrons. The molecule has 0 unspecified atom stereocenters. The van der Waals surface area contributed by atoms with Gasteiger partial charge in [0.25, 0.3) is 5.91 Å². The molecule has 0 radical (unpaired) electrons. The molecule has 0 aliphatic carbocycles. The summed E-state index contributed by atoms with van der Waals surface area (Å²) < 4.78 is 0. The van der Waals surface area contributed by atoms with Crippen molar-refractivity contribution in [3.63, 3.8) is 0 Å². The Hall–Kier alpha value is -1.66. The number of aromatic amines is 1. The Morgan fingerprint density at radius 3 is 3.11 bits per heavy atom. The van der Waals surface area contributed by atoms with Crippen LogP contribution in [0.3, 0.4) is 0 Å². The lowest BCUT2D eigenvalue weighted by Crippen LogP contribution is -2.31. The average Bonchev–Trinajstić information content (AvgIpc) is 3.03. The molecule has 5 nitrogen and oxygen atoms in total. The SMILES string of the molecule is CCNCCNC(=O)c1cc(-c2cccs2)[nH]n1. The van der Waals surface area contributed by atoms with Gasteiger partial charge in [-0.1, -0.05) is 13.0 Å². The van der Waals surface area contributed by atoms with Crippen LogP contribution in [0.2, 0.25) is 0 Å². The first-order chi connectivity index (χ1) is 8.81. The molecule has 2 rings (SSSR count). The maximum absolute atomic E-state index is 11.8. The van der Waals surface area contributed by atoms with Gasteiger partial charge in [-0.25, -0.2) is 0 Å². The van der Waals surface area contributed by atoms with Gasteiger partial charge in [-0.3, -0.25) is 9.89 Å². The normalized spacial score (nSPS) is 10.5. The van der Waals surface area contributed by atoms with Crippen LogP contribution in [-0.4, -0.2) is 35.7 Å². The lowest BCUT2D eigenvalue weighted by Gasteiger charge is -2.02. The van der Waals surface area contributed by atoms with Crippen LogP contribution in [0.4, 0.5) is 0 Å². The van der Waals surface area contributed by atoms with Gasteiger partial charge in [0.15, 0.2) is 5.69 Å². The zero-order chi connectivity index (χ0) is 12.8. The van der Waals surface area contributed by atoms with Gasteiger partial charge in [0.05, 0.1) is 10.6 Å². The highest BCUT2D eigenvalue weighted by molar-refractivity contribution is 7.13. The Morgan fingerprint density at radius 1 is 1.50 bits per heavy atom. The third-order valence-electron chi connectivity index (χ3n) is 2.43. The van der Waals surface area contributed by atoms with E-state index in [-0.39, 0.29) is 5.91 Å². The molecule has 1 amide bonds. The minimum absolute atomic E-state index is 0.146. The van der Waals surface area contributed by atoms with Crippen molar-refractivity contribution >= 4 is 17.2 Å². The van der Waals surface area contributed by atoms with Crippen LogP contribution in [0.25, 0.3) is 10.6 Å². The molecule has 0 aromatic carbocycles. The number of hydrogen-bond donors (Lipinski definition) is 3. The minimum Gasteiger partial charge on any atom is -0.349 e. The number of aromatic nitrogens is 2. The molecular weight excluding hydrogens is 248 g/mol. The molecular formula is C12H16N4OS. The summed E-state index contributed by atoms with van der Waals surface area (Å²) in [6.45, 7) is 4.31. The standard InChI is InChI=1S/C12H16N4OS/c1-2-13-5-6-14-12(17)10-8-9(15-16-10)11-4-3-7-18-11/h3-4,7-8,13H,2,5-6H2,1H3,(H,14,17)(H,15,16). The Bertz CT molecular complexity index is 492. The van der Waals surface area contributed by atoms with E-state index < -0.39 is 0 Å². The minimum atomic E-state index is -0.146. The quantitative estimate of drug-likeness (QED) is 0.692. The number of amides is 1. The first-order valence-corrected chi connectivity index (χ1v) is 6.77. The van der Waals surface area contributed by atoms with Gasteiger partial charge >= 0.3 is 0 Å². The lowest BCUT2D eigenvalue weighted by molar-refractivity contribution is 0.0949. The van der Waals surface area contributed by atoms with Crippen LogP contribution >= 0.6 is 11.3 Å². The first kappa shape index (κ1) is 12.8. The van der Waals surface area contributed by atoms with Crippen molar-refractivity contribution in [1.82, 2.24) is 20.8 Å². The van der Waals surface area contributed by atoms with Crippen molar-refractivity contribution in [3.8, 4) is 10.6 Å². The monoisotopic (exact) mass is 264 g/mol. The number of rotatable bonds is 6. The topological polar surface area (TPSA) is 69.8 Å². The van der Waals surface area contributed by atoms with E-state index in [1.54, 1.807) is 17.4 Å². The van der Waals surface area contributed by atoms with Gasteiger partial charge in [-0.05, 0) is 24.1 Å². The lowest BCUT2D eigenvalue weighted by atomic mass is 10.3. The zero-order valence-corrected chi connectivity index (χ0v) is 11.0. The fraction of sp³-hybridized carbons (Fsp3) is 0.333. The van der Waals surface area contributed by atoms with Crippen molar-refractivity contribution in [2.45, 2.75) is 6.92 Å². The molecule has 2 aromatic heterocycles. The number of carbonyl (C=O) groups excluding carboxylic acids is 1. The van der Waals surface area contributed by atoms with Gasteiger partial charge < -0.3 is 10.6 Å². The molecule has 3 N–H and O–H groups in total. The van der Waals surface area contributed by atoms with Crippen molar-refractivity contribution in [3.05, 3.63) is 29.3 Å². The second kappa shape index (κ2) is 6.32. The average molecular weight is 264 g/mol. The zero-order valence-electron chi connectivity index (χ0n) is 10.2. The maximum Gasteiger partial charge on any atom is 0.271 e. The fourth-order valence-corrected chi connectivity index (χ4v) is 2.22. The maximum atomic E-state index is 11.8. The Labute approximate surface area is 110 Å². The van der Waals surface area contributed by atoms with E-state index in [4.69, 9.17) is 0 Å². The van der Waals surface area contributed by atoms with E-state index in [9.17, 15) is 4.79 Å². The Balaban J connectivity index is 1.91. The molecule has 0 aliphatic heterocycles. The van der Waals surface area contributed by atoms with E-state index in [1.807, 2.05) is 24.4 Å². The van der Waals surface area contributed by atoms with E-state index in [2.05, 4.69) is 20.8 Å². The smallest absolute Gasteiger partial charge is 0.271 e. The summed E-state index contributed by atoms with van der Waals surface area (Å²) in [6.07, 6.45) is 0. The molecule has 0 saturated carbocycles. The third kappa shape index (κ3) is 3.18. The summed E-state index contributed by atoms with van der Waals surface area (Å²) >= 11 is 1.61. The summed E-state index contributed by atoms with van der Waals surface area (Å²) in [5.41, 5.74) is 1.30. The van der Waals surface area contributed by atoms with Gasteiger partial charge in [0.1, 0.15) is 0 Å². The molecule has 0 atom stereocenters. The summed E-state index contributed by atoms with van der Waals surface area (Å²) in [5, 5.41) is 14.8. The number of nitrogens with one attached hydrogen (secondary N) is 3. The van der Waals surface area contributed by atoms with Crippen molar-refractivity contribution < 1.29 is 4.79 Å². The molecule has 2 heterocycles. The number of H-pyrrole nitrogens is 1. The van der Waals surface area contributed by atoms with Crippen LogP contribution < -0.4 is 10.6 Å². The van der Waals surface area contributed by atoms with E-state index in [0.717, 1.165) is 23.7 Å². The number of nitrogens with zero attached hydrogens (tertiary/aromatic N) is 1. The molecule has 0 saturated heterocycles. The van der Waals surface area contributed by atoms with Crippen LogP contribution in [0.1, 0.15) is 17.4 Å². The predicted octanol–water partition coefficient (Wildman–Crippen LogP) is 1.48. The van der Waals surface area contributed by atoms with E-state index in [0.29, 0.717) is 12.2 Å². The van der Waals surface area contributed by atoms with E-state index >= 15 is 0 Å². The molecule has 0 spiro atoms. The van der Waals surface area contributed by atoms with Gasteiger partial charge in [-0.15, -0.1) is 11.3 Å². The van der Waals surface area contributed by atoms with Crippen LogP contribution in [0.15, 0.2) is 23.6 Å². The Kier molecular flexibility index (Phi) is 4.49. The number of likely N-dealkylation sites (N-methyl/N-ethyl adjacent to an activating group) is 1. The van der Waals surface area contributed by atoms with Crippen molar-refractivity contribution in [2.75, 3.05) is 19.6 Å². The highest BCUT2D eigenvalue weighted by Gasteiger charge is 2.10. The van der Waals surface area contributed by atoms with Gasteiger partial charge in [-0.2, -0.15) is 5.10 Å². The summed E-state index contributed by atoms with van der Waals surface area (Å²) in [6, 6.07) is 5.73. The molecule has 18 heavy (non-hydrogen) atoms. The van der Waals surface area contributed by atoms with Crippen LogP contribution in [0.5, 0.6) is 0 Å². The number of hydrogen-bond acceptors (Lipinski definition) is 4. The molecule has 6 heteroatoms. The van der Waals surface area contributed by atoms with Gasteiger partial charge in [0.2, 0.25) is 0 Å². The van der Waals surface area contributed by atoms with Crippen molar-refractivity contribution in [1.29, 1.82) is 0 Å². The molecule has 0 fully saturated rings. The summed E-state index contributed by atoms with van der Waals surface area (Å²) in [7, 11) is 0. The fourth-order valence-electron chi connectivity index (χ4n) is 1.53. The van der Waals surface area contributed by atoms with Crippen LogP contribution in [0, 0.1) is 0 Å². The highest BCUT2D eigenvalue weighted by atomic mass is 32.1. The number of thiophene rings is 1. The number of carbonyl (C=O) groups is 1. The summed E-state index contributed by atoms with van der Waals surface area (Å²) in [4.78, 5) is 12.9. The first-order valence-electron chi connectivity index (χ1n) is 5.89. The van der Waals surface area contributed by atoms with Crippen LogP contribution in [-0.2, 0) is 0 Å². The highest BCUT2D eigenvalue weighted by Crippen LogP contribution is 2.22. The second-order valence-electron chi connectivity index (χ2n) is 3.75. The predicted molar refractivity (Wildman–Crippen MR) is 72.8 cm³/mol. The largest absolute Gasteiger partial charge is 0.349 e. The van der Waals surface area contributed by atoms with Gasteiger partial charge in [0, 0.05) is 13.1 Å². The second-order valence-corrected chi connectivity index (χ2v) is 4.70. The molecule has 0 aliphatic rings. The van der Waals surface area contributed by atoms with E-state index in [1.165, 1.54) is 0 Å².